The van der Waals surface area contributed by atoms with Crippen LogP contribution in [-0.4, -0.2) is 55.1 Å². The first-order valence-electron chi connectivity index (χ1n) is 12.3. The minimum Gasteiger partial charge on any atom is -0.352 e. The Balaban J connectivity index is 1.86. The Kier molecular flexibility index (Phi) is 9.23. The van der Waals surface area contributed by atoms with Gasteiger partial charge in [0.05, 0.1) is 11.4 Å². The van der Waals surface area contributed by atoms with Crippen LogP contribution in [0.5, 0.6) is 0 Å². The van der Waals surface area contributed by atoms with Crippen LogP contribution in [0.15, 0.2) is 77.7 Å². The summed E-state index contributed by atoms with van der Waals surface area (Å²) in [6.07, 6.45) is 1.17. The molecule has 7 nitrogen and oxygen atoms in total. The second kappa shape index (κ2) is 12.1. The van der Waals surface area contributed by atoms with E-state index in [9.17, 15) is 18.0 Å². The van der Waals surface area contributed by atoms with Gasteiger partial charge < -0.3 is 10.2 Å². The molecule has 36 heavy (non-hydrogen) atoms. The number of hydrogen-bond acceptors (Lipinski definition) is 4. The minimum atomic E-state index is -3.92. The Morgan fingerprint density at radius 3 is 2.17 bits per heavy atom. The molecule has 0 aliphatic rings. The molecule has 192 valence electrons. The summed E-state index contributed by atoms with van der Waals surface area (Å²) in [6.45, 7) is 5.57. The first-order chi connectivity index (χ1) is 17.2. The van der Waals surface area contributed by atoms with E-state index < -0.39 is 22.0 Å². The van der Waals surface area contributed by atoms with E-state index in [1.54, 1.807) is 18.2 Å². The van der Waals surface area contributed by atoms with Gasteiger partial charge in [0.15, 0.2) is 0 Å². The summed E-state index contributed by atoms with van der Waals surface area (Å²) in [5.74, 6) is -0.673. The number of rotatable bonds is 11. The van der Waals surface area contributed by atoms with E-state index in [-0.39, 0.29) is 29.9 Å². The summed E-state index contributed by atoms with van der Waals surface area (Å²) in [4.78, 5) is 28.2. The predicted molar refractivity (Wildman–Crippen MR) is 143 cm³/mol. The van der Waals surface area contributed by atoms with Crippen molar-refractivity contribution < 1.29 is 18.0 Å². The van der Waals surface area contributed by atoms with Crippen LogP contribution in [-0.2, 0) is 26.2 Å². The number of sulfonamides is 1. The fourth-order valence-electron chi connectivity index (χ4n) is 4.01. The van der Waals surface area contributed by atoms with E-state index >= 15 is 0 Å². The first-order valence-corrected chi connectivity index (χ1v) is 13.7. The average molecular weight is 510 g/mol. The van der Waals surface area contributed by atoms with Gasteiger partial charge >= 0.3 is 0 Å². The minimum absolute atomic E-state index is 0.0313. The summed E-state index contributed by atoms with van der Waals surface area (Å²) in [7, 11) is -2.53. The number of carbonyl (C=O) groups excluding carboxylic acids is 2. The van der Waals surface area contributed by atoms with E-state index in [4.69, 9.17) is 0 Å². The van der Waals surface area contributed by atoms with Crippen LogP contribution < -0.4 is 5.32 Å². The maximum absolute atomic E-state index is 13.5. The Labute approximate surface area is 214 Å². The summed E-state index contributed by atoms with van der Waals surface area (Å²) in [5, 5.41) is 4.70. The van der Waals surface area contributed by atoms with Crippen molar-refractivity contribution in [3.05, 3.63) is 78.4 Å². The topological polar surface area (TPSA) is 86.8 Å². The smallest absolute Gasteiger partial charge is 0.243 e. The first kappa shape index (κ1) is 27.4. The monoisotopic (exact) mass is 509 g/mol. The second-order valence-electron chi connectivity index (χ2n) is 9.02. The van der Waals surface area contributed by atoms with Crippen molar-refractivity contribution in [1.82, 2.24) is 14.5 Å². The summed E-state index contributed by atoms with van der Waals surface area (Å²) < 4.78 is 27.7. The van der Waals surface area contributed by atoms with Gasteiger partial charge in [-0.1, -0.05) is 74.5 Å². The molecule has 0 heterocycles. The van der Waals surface area contributed by atoms with Gasteiger partial charge in [0.2, 0.25) is 21.8 Å². The van der Waals surface area contributed by atoms with E-state index in [0.717, 1.165) is 27.1 Å². The number of benzene rings is 3. The zero-order valence-electron chi connectivity index (χ0n) is 21.3. The van der Waals surface area contributed by atoms with Gasteiger partial charge in [-0.2, -0.15) is 4.31 Å². The Bertz CT molecular complexity index is 1290. The van der Waals surface area contributed by atoms with Gasteiger partial charge in [-0.15, -0.1) is 0 Å². The molecule has 3 rings (SSSR count). The SMILES string of the molecule is CC[C@@H](C)NC(=O)[C@H](CC)N(Cc1ccccc1)C(=O)CN(C)S(=O)(=O)c1ccc2ccccc2c1. The highest BCUT2D eigenvalue weighted by atomic mass is 32.2. The van der Waals surface area contributed by atoms with Gasteiger partial charge in [0, 0.05) is 19.6 Å². The predicted octanol–water partition coefficient (Wildman–Crippen LogP) is 4.18. The molecule has 1 N–H and O–H groups in total. The molecular formula is C28H35N3O4S. The molecule has 3 aromatic carbocycles. The van der Waals surface area contributed by atoms with Crippen molar-refractivity contribution in [3.63, 3.8) is 0 Å². The summed E-state index contributed by atoms with van der Waals surface area (Å²) in [6, 6.07) is 21.1. The van der Waals surface area contributed by atoms with Crippen LogP contribution in [0.25, 0.3) is 10.8 Å². The molecule has 0 bridgehead atoms. The maximum atomic E-state index is 13.5. The fourth-order valence-corrected chi connectivity index (χ4v) is 5.17. The molecule has 0 aromatic heterocycles. The standard InChI is InChI=1S/C28H35N3O4S/c1-5-21(3)29-28(33)26(6-2)31(19-22-12-8-7-9-13-22)27(32)20-30(4)36(34,35)25-17-16-23-14-10-11-15-24(23)18-25/h7-18,21,26H,5-6,19-20H2,1-4H3,(H,29,33)/t21-,26+/m1/s1. The molecular weight excluding hydrogens is 474 g/mol. The quantitative estimate of drug-likeness (QED) is 0.420. The molecule has 0 unspecified atom stereocenters. The summed E-state index contributed by atoms with van der Waals surface area (Å²) >= 11 is 0. The molecule has 0 aliphatic heterocycles. The normalized spacial score (nSPS) is 13.4. The van der Waals surface area contributed by atoms with Crippen LogP contribution in [0, 0.1) is 0 Å². The molecule has 0 saturated carbocycles. The highest BCUT2D eigenvalue weighted by Crippen LogP contribution is 2.22. The summed E-state index contributed by atoms with van der Waals surface area (Å²) in [5.41, 5.74) is 0.862. The van der Waals surface area contributed by atoms with Crippen molar-refractivity contribution in [3.8, 4) is 0 Å². The molecule has 2 atom stereocenters. The van der Waals surface area contributed by atoms with E-state index in [0.29, 0.717) is 6.42 Å². The Morgan fingerprint density at radius 1 is 0.889 bits per heavy atom. The zero-order valence-corrected chi connectivity index (χ0v) is 22.2. The second-order valence-corrected chi connectivity index (χ2v) is 11.1. The highest BCUT2D eigenvalue weighted by molar-refractivity contribution is 7.89. The molecule has 0 saturated heterocycles. The molecule has 0 radical (unpaired) electrons. The lowest BCUT2D eigenvalue weighted by molar-refractivity contribution is -0.141. The van der Waals surface area contributed by atoms with Crippen LogP contribution in [0.2, 0.25) is 0 Å². The fraction of sp³-hybridized carbons (Fsp3) is 0.357. The molecule has 0 fully saturated rings. The van der Waals surface area contributed by atoms with Crippen LogP contribution >= 0.6 is 0 Å². The third kappa shape index (κ3) is 6.50. The number of nitrogens with zero attached hydrogens (tertiary/aromatic N) is 2. The van der Waals surface area contributed by atoms with Gasteiger partial charge in [0.25, 0.3) is 0 Å². The molecule has 2 amide bonds. The van der Waals surface area contributed by atoms with Gasteiger partial charge in [-0.3, -0.25) is 9.59 Å². The lowest BCUT2D eigenvalue weighted by atomic mass is 10.1. The van der Waals surface area contributed by atoms with Crippen molar-refractivity contribution >= 4 is 32.6 Å². The number of likely N-dealkylation sites (N-methyl/N-ethyl adjacent to an activating group) is 1. The maximum Gasteiger partial charge on any atom is 0.243 e. The molecule has 8 heteroatoms. The average Bonchev–Trinajstić information content (AvgIpc) is 2.88. The lowest BCUT2D eigenvalue weighted by Gasteiger charge is -2.32. The lowest BCUT2D eigenvalue weighted by Crippen LogP contribution is -2.53. The Hall–Kier alpha value is -3.23. The highest BCUT2D eigenvalue weighted by Gasteiger charge is 2.32. The van der Waals surface area contributed by atoms with Crippen LogP contribution in [0.4, 0.5) is 0 Å². The molecule has 0 spiro atoms. The molecule has 0 aliphatic carbocycles. The number of nitrogens with one attached hydrogen (secondary N) is 1. The Morgan fingerprint density at radius 2 is 1.53 bits per heavy atom. The van der Waals surface area contributed by atoms with Gasteiger partial charge in [-0.25, -0.2) is 8.42 Å². The third-order valence-corrected chi connectivity index (χ3v) is 8.17. The van der Waals surface area contributed by atoms with Gasteiger partial charge in [-0.05, 0) is 48.2 Å². The van der Waals surface area contributed by atoms with E-state index in [1.165, 1.54) is 11.9 Å². The third-order valence-electron chi connectivity index (χ3n) is 6.37. The van der Waals surface area contributed by atoms with Crippen molar-refractivity contribution in [2.45, 2.75) is 57.1 Å². The number of fused-ring (bicyclic) bond motifs is 1. The van der Waals surface area contributed by atoms with Crippen molar-refractivity contribution in [2.75, 3.05) is 13.6 Å². The zero-order chi connectivity index (χ0) is 26.3. The number of carbonyl (C=O) groups is 2. The van der Waals surface area contributed by atoms with Crippen LogP contribution in [0.1, 0.15) is 39.2 Å². The van der Waals surface area contributed by atoms with E-state index in [2.05, 4.69) is 5.32 Å². The van der Waals surface area contributed by atoms with Crippen molar-refractivity contribution in [2.24, 2.45) is 0 Å². The largest absolute Gasteiger partial charge is 0.352 e. The van der Waals surface area contributed by atoms with Gasteiger partial charge in [0.1, 0.15) is 6.04 Å². The molecule has 3 aromatic rings. The van der Waals surface area contributed by atoms with E-state index in [1.807, 2.05) is 75.4 Å². The van der Waals surface area contributed by atoms with Crippen LogP contribution in [0.3, 0.4) is 0 Å². The number of amides is 2. The van der Waals surface area contributed by atoms with Crippen molar-refractivity contribution in [1.29, 1.82) is 0 Å². The number of hydrogen-bond donors (Lipinski definition) is 1.